The maximum absolute atomic E-state index is 12.4. The number of nitrogens with two attached hydrogens (primary N) is 1. The molecule has 2 N–H and O–H groups in total. The van der Waals surface area contributed by atoms with Gasteiger partial charge >= 0.3 is 0 Å². The zero-order chi connectivity index (χ0) is 14.9. The van der Waals surface area contributed by atoms with Crippen LogP contribution in [-0.4, -0.2) is 29.4 Å². The average molecular weight is 323 g/mol. The van der Waals surface area contributed by atoms with Crippen molar-refractivity contribution in [1.29, 1.82) is 0 Å². The Bertz CT molecular complexity index is 528. The molecule has 1 saturated carbocycles. The number of amides is 1. The summed E-state index contributed by atoms with van der Waals surface area (Å²) in [5.41, 5.74) is 8.38. The first-order chi connectivity index (χ1) is 10.1. The third kappa shape index (κ3) is 3.82. The molecule has 3 rings (SSSR count). The Labute approximate surface area is 139 Å². The molecule has 1 aliphatic heterocycles. The van der Waals surface area contributed by atoms with Crippen LogP contribution in [0.15, 0.2) is 24.3 Å². The van der Waals surface area contributed by atoms with Crippen molar-refractivity contribution >= 4 is 18.3 Å². The molecule has 1 unspecified atom stereocenters. The van der Waals surface area contributed by atoms with Crippen molar-refractivity contribution in [2.24, 2.45) is 11.7 Å². The first-order valence-electron chi connectivity index (χ1n) is 8.21. The van der Waals surface area contributed by atoms with Gasteiger partial charge in [0.05, 0.1) is 5.54 Å². The van der Waals surface area contributed by atoms with Crippen LogP contribution in [0.2, 0.25) is 0 Å². The van der Waals surface area contributed by atoms with E-state index in [-0.39, 0.29) is 18.3 Å². The molecule has 1 saturated heterocycles. The van der Waals surface area contributed by atoms with Crippen molar-refractivity contribution in [3.63, 3.8) is 0 Å². The van der Waals surface area contributed by atoms with Crippen molar-refractivity contribution in [2.75, 3.05) is 13.1 Å². The Balaban J connectivity index is 0.00000176. The van der Waals surface area contributed by atoms with Crippen molar-refractivity contribution in [3.8, 4) is 0 Å². The van der Waals surface area contributed by atoms with Gasteiger partial charge in [0.15, 0.2) is 0 Å². The van der Waals surface area contributed by atoms with Gasteiger partial charge in [-0.05, 0) is 62.5 Å². The fraction of sp³-hybridized carbons (Fsp3) is 0.611. The summed E-state index contributed by atoms with van der Waals surface area (Å²) in [4.78, 5) is 14.4. The third-order valence-electron chi connectivity index (χ3n) is 5.10. The Morgan fingerprint density at radius 3 is 2.77 bits per heavy atom. The number of benzene rings is 1. The standard InChI is InChI=1S/C18H26N2O.ClH/c1-14-5-2-3-7-16(14)9-8-15-6-4-12-20(13-15)17(21)18(19)10-11-18;/h2-3,5,7,15H,4,6,8-13,19H2,1H3;1H. The Kier molecular flexibility index (Phi) is 5.51. The van der Waals surface area contributed by atoms with Gasteiger partial charge in [-0.3, -0.25) is 4.79 Å². The summed E-state index contributed by atoms with van der Waals surface area (Å²) < 4.78 is 0. The molecule has 3 nitrogen and oxygen atoms in total. The molecular weight excluding hydrogens is 296 g/mol. The van der Waals surface area contributed by atoms with E-state index in [2.05, 4.69) is 31.2 Å². The molecule has 1 heterocycles. The number of likely N-dealkylation sites (tertiary alicyclic amines) is 1. The lowest BCUT2D eigenvalue weighted by molar-refractivity contribution is -0.135. The fourth-order valence-electron chi connectivity index (χ4n) is 3.40. The van der Waals surface area contributed by atoms with Crippen LogP contribution in [0.5, 0.6) is 0 Å². The van der Waals surface area contributed by atoms with Crippen LogP contribution in [0.1, 0.15) is 43.2 Å². The van der Waals surface area contributed by atoms with Gasteiger partial charge in [0, 0.05) is 13.1 Å². The van der Waals surface area contributed by atoms with E-state index in [9.17, 15) is 4.79 Å². The SMILES string of the molecule is Cc1ccccc1CCC1CCCN(C(=O)C2(N)CC2)C1.Cl. The van der Waals surface area contributed by atoms with E-state index in [1.807, 2.05) is 4.90 Å². The molecule has 22 heavy (non-hydrogen) atoms. The number of carbonyl (C=O) groups excluding carboxylic acids is 1. The molecule has 2 fully saturated rings. The van der Waals surface area contributed by atoms with E-state index < -0.39 is 5.54 Å². The van der Waals surface area contributed by atoms with Crippen LogP contribution in [0.4, 0.5) is 0 Å². The normalized spacial score (nSPS) is 22.8. The van der Waals surface area contributed by atoms with E-state index in [4.69, 9.17) is 5.73 Å². The second kappa shape index (κ2) is 7.01. The second-order valence-electron chi connectivity index (χ2n) is 6.88. The smallest absolute Gasteiger partial charge is 0.242 e. The van der Waals surface area contributed by atoms with Gasteiger partial charge in [-0.15, -0.1) is 12.4 Å². The van der Waals surface area contributed by atoms with Crippen molar-refractivity contribution < 1.29 is 4.79 Å². The quantitative estimate of drug-likeness (QED) is 0.926. The monoisotopic (exact) mass is 322 g/mol. The van der Waals surface area contributed by atoms with Crippen molar-refractivity contribution in [1.82, 2.24) is 4.90 Å². The van der Waals surface area contributed by atoms with E-state index >= 15 is 0 Å². The molecule has 0 bridgehead atoms. The number of hydrogen-bond donors (Lipinski definition) is 1. The number of piperidine rings is 1. The summed E-state index contributed by atoms with van der Waals surface area (Å²) in [5.74, 6) is 0.827. The molecule has 0 aromatic heterocycles. The van der Waals surface area contributed by atoms with Crippen LogP contribution in [0, 0.1) is 12.8 Å². The topological polar surface area (TPSA) is 46.3 Å². The number of carbonyl (C=O) groups is 1. The second-order valence-corrected chi connectivity index (χ2v) is 6.88. The van der Waals surface area contributed by atoms with Gasteiger partial charge < -0.3 is 10.6 Å². The number of nitrogens with zero attached hydrogens (tertiary/aromatic N) is 1. The summed E-state index contributed by atoms with van der Waals surface area (Å²) in [6.07, 6.45) is 6.40. The van der Waals surface area contributed by atoms with Gasteiger partial charge in [0.25, 0.3) is 0 Å². The zero-order valence-corrected chi connectivity index (χ0v) is 14.2. The number of halogens is 1. The highest BCUT2D eigenvalue weighted by molar-refractivity contribution is 5.89. The minimum absolute atomic E-state index is 0. The molecule has 1 aliphatic carbocycles. The Morgan fingerprint density at radius 2 is 2.09 bits per heavy atom. The summed E-state index contributed by atoms with van der Waals surface area (Å²) in [6, 6.07) is 8.61. The molecular formula is C18H27ClN2O. The predicted octanol–water partition coefficient (Wildman–Crippen LogP) is 3.08. The lowest BCUT2D eigenvalue weighted by atomic mass is 9.90. The van der Waals surface area contributed by atoms with Crippen LogP contribution in [-0.2, 0) is 11.2 Å². The maximum Gasteiger partial charge on any atom is 0.242 e. The van der Waals surface area contributed by atoms with Gasteiger partial charge in [-0.1, -0.05) is 24.3 Å². The van der Waals surface area contributed by atoms with Crippen molar-refractivity contribution in [3.05, 3.63) is 35.4 Å². The zero-order valence-electron chi connectivity index (χ0n) is 13.4. The molecule has 1 aromatic carbocycles. The summed E-state index contributed by atoms with van der Waals surface area (Å²) >= 11 is 0. The van der Waals surface area contributed by atoms with Crippen LogP contribution < -0.4 is 5.73 Å². The van der Waals surface area contributed by atoms with Crippen LogP contribution in [0.3, 0.4) is 0 Å². The van der Waals surface area contributed by atoms with Gasteiger partial charge in [0.1, 0.15) is 0 Å². The largest absolute Gasteiger partial charge is 0.341 e. The van der Waals surface area contributed by atoms with Gasteiger partial charge in [0.2, 0.25) is 5.91 Å². The number of hydrogen-bond acceptors (Lipinski definition) is 2. The minimum Gasteiger partial charge on any atom is -0.341 e. The fourth-order valence-corrected chi connectivity index (χ4v) is 3.40. The van der Waals surface area contributed by atoms with E-state index in [1.165, 1.54) is 24.0 Å². The third-order valence-corrected chi connectivity index (χ3v) is 5.10. The lowest BCUT2D eigenvalue weighted by Gasteiger charge is -2.34. The first-order valence-corrected chi connectivity index (χ1v) is 8.21. The van der Waals surface area contributed by atoms with Crippen LogP contribution in [0.25, 0.3) is 0 Å². The van der Waals surface area contributed by atoms with Crippen LogP contribution >= 0.6 is 12.4 Å². The Morgan fingerprint density at radius 1 is 1.36 bits per heavy atom. The van der Waals surface area contributed by atoms with Crippen molar-refractivity contribution in [2.45, 2.75) is 51.0 Å². The first kappa shape index (κ1) is 17.3. The van der Waals surface area contributed by atoms with Gasteiger partial charge in [-0.25, -0.2) is 0 Å². The molecule has 1 aromatic rings. The summed E-state index contributed by atoms with van der Waals surface area (Å²) in [6.45, 7) is 3.99. The van der Waals surface area contributed by atoms with E-state index in [1.54, 1.807) is 0 Å². The summed E-state index contributed by atoms with van der Waals surface area (Å²) in [7, 11) is 0. The molecule has 122 valence electrons. The lowest BCUT2D eigenvalue weighted by Crippen LogP contribution is -2.49. The molecule has 1 amide bonds. The maximum atomic E-state index is 12.4. The Hall–Kier alpha value is -1.06. The molecule has 1 atom stereocenters. The molecule has 0 radical (unpaired) electrons. The van der Waals surface area contributed by atoms with Gasteiger partial charge in [-0.2, -0.15) is 0 Å². The highest BCUT2D eigenvalue weighted by Crippen LogP contribution is 2.35. The number of aryl methyl sites for hydroxylation is 2. The highest BCUT2D eigenvalue weighted by Gasteiger charge is 2.48. The summed E-state index contributed by atoms with van der Waals surface area (Å²) in [5, 5.41) is 0. The minimum atomic E-state index is -0.502. The predicted molar refractivity (Wildman–Crippen MR) is 92.2 cm³/mol. The van der Waals surface area contributed by atoms with E-state index in [0.29, 0.717) is 5.92 Å². The highest BCUT2D eigenvalue weighted by atomic mass is 35.5. The molecule has 4 heteroatoms. The average Bonchev–Trinajstić information content (AvgIpc) is 3.25. The number of rotatable bonds is 4. The van der Waals surface area contributed by atoms with E-state index in [0.717, 1.165) is 38.8 Å². The molecule has 0 spiro atoms. The molecule has 2 aliphatic rings.